The van der Waals surface area contributed by atoms with Crippen LogP contribution in [0.5, 0.6) is 5.75 Å². The lowest BCUT2D eigenvalue weighted by Gasteiger charge is -2.46. The molecule has 0 aliphatic carbocycles. The van der Waals surface area contributed by atoms with Crippen LogP contribution in [-0.4, -0.2) is 60.5 Å². The third-order valence-electron chi connectivity index (χ3n) is 8.20. The zero-order valence-electron chi connectivity index (χ0n) is 26.3. The maximum absolute atomic E-state index is 14.2. The van der Waals surface area contributed by atoms with Crippen LogP contribution in [0.3, 0.4) is 0 Å². The predicted octanol–water partition coefficient (Wildman–Crippen LogP) is 6.25. The quantitative estimate of drug-likeness (QED) is 0.108. The minimum atomic E-state index is -4.77. The summed E-state index contributed by atoms with van der Waals surface area (Å²) in [6.45, 7) is -0.138. The van der Waals surface area contributed by atoms with E-state index in [2.05, 4.69) is 0 Å². The van der Waals surface area contributed by atoms with Crippen LogP contribution in [0.4, 0.5) is 18.0 Å². The Morgan fingerprint density at radius 2 is 1.63 bits per heavy atom. The Hall–Kier alpha value is -4.95. The number of aromatic nitrogens is 1. The monoisotopic (exact) mass is 695 g/mol. The number of rotatable bonds is 10. The molecule has 0 N–H and O–H groups in total. The fraction of sp³-hybridized carbons (Fsp3) is 0.286. The number of carbonyl (C=O) groups is 2. The van der Waals surface area contributed by atoms with Crippen molar-refractivity contribution in [3.63, 3.8) is 0 Å². The first-order chi connectivity index (χ1) is 23.6. The molecule has 10 nitrogen and oxygen atoms in total. The summed E-state index contributed by atoms with van der Waals surface area (Å²) in [6, 6.07) is 22.9. The molecule has 0 unspecified atom stereocenters. The Kier molecular flexibility index (Phi) is 10.2. The molecule has 1 aromatic heterocycles. The van der Waals surface area contributed by atoms with Crippen LogP contribution in [0.2, 0.25) is 0 Å². The molecule has 6 rings (SSSR count). The molecular weight excluding hydrogens is 663 g/mol. The number of ether oxygens (including phenoxy) is 4. The normalized spacial score (nSPS) is 16.2. The lowest BCUT2D eigenvalue weighted by molar-refractivity contribution is -0.173. The average molecular weight is 696 g/mol. The summed E-state index contributed by atoms with van der Waals surface area (Å²) in [6.07, 6.45) is -4.56. The summed E-state index contributed by atoms with van der Waals surface area (Å²) in [5, 5.41) is 1.61. The fourth-order valence-corrected chi connectivity index (χ4v) is 6.80. The van der Waals surface area contributed by atoms with Gasteiger partial charge in [-0.1, -0.05) is 72.8 Å². The van der Waals surface area contributed by atoms with Gasteiger partial charge in [-0.3, -0.25) is 19.3 Å². The summed E-state index contributed by atoms with van der Waals surface area (Å²) < 4.78 is 64.9. The summed E-state index contributed by atoms with van der Waals surface area (Å²) in [7, 11) is 0. The van der Waals surface area contributed by atoms with Crippen LogP contribution in [0.25, 0.3) is 0 Å². The van der Waals surface area contributed by atoms with Gasteiger partial charge in [-0.05, 0) is 35.2 Å². The van der Waals surface area contributed by atoms with Crippen molar-refractivity contribution in [2.24, 2.45) is 0 Å². The van der Waals surface area contributed by atoms with E-state index in [-0.39, 0.29) is 13.2 Å². The van der Waals surface area contributed by atoms with Crippen molar-refractivity contribution in [2.75, 3.05) is 31.7 Å². The highest BCUT2D eigenvalue weighted by atomic mass is 32.2. The molecule has 0 spiro atoms. The number of fused-ring (bicyclic) bond motifs is 3. The number of benzene rings is 3. The minimum absolute atomic E-state index is 0.0852. The first kappa shape index (κ1) is 33.9. The smallest absolute Gasteiger partial charge is 0.451 e. The highest BCUT2D eigenvalue weighted by Crippen LogP contribution is 2.43. The van der Waals surface area contributed by atoms with E-state index in [1.807, 2.05) is 78.9 Å². The Labute approximate surface area is 283 Å². The molecule has 0 fully saturated rings. The summed E-state index contributed by atoms with van der Waals surface area (Å²) in [4.78, 5) is 40.8. The van der Waals surface area contributed by atoms with Gasteiger partial charge in [-0.25, -0.2) is 4.79 Å². The van der Waals surface area contributed by atoms with Crippen LogP contribution in [0.1, 0.15) is 45.7 Å². The molecule has 49 heavy (non-hydrogen) atoms. The summed E-state index contributed by atoms with van der Waals surface area (Å²) in [5.41, 5.74) is 2.34. The zero-order valence-corrected chi connectivity index (χ0v) is 27.1. The topological polar surface area (TPSA) is 99.5 Å². The number of thioether (sulfide) groups is 1. The summed E-state index contributed by atoms with van der Waals surface area (Å²) >= 11 is 1.60. The fourth-order valence-electron chi connectivity index (χ4n) is 5.70. The third kappa shape index (κ3) is 7.39. The van der Waals surface area contributed by atoms with Gasteiger partial charge in [0.15, 0.2) is 5.69 Å². The van der Waals surface area contributed by atoms with Gasteiger partial charge in [0, 0.05) is 22.9 Å². The van der Waals surface area contributed by atoms with Crippen LogP contribution in [0.15, 0.2) is 101 Å². The van der Waals surface area contributed by atoms with Crippen LogP contribution in [0, 0.1) is 0 Å². The molecule has 0 bridgehead atoms. The third-order valence-corrected chi connectivity index (χ3v) is 9.34. The van der Waals surface area contributed by atoms with Crippen molar-refractivity contribution >= 4 is 23.8 Å². The van der Waals surface area contributed by atoms with Gasteiger partial charge >= 0.3 is 12.3 Å². The van der Waals surface area contributed by atoms with Crippen molar-refractivity contribution in [3.8, 4) is 5.75 Å². The second-order valence-corrected chi connectivity index (χ2v) is 12.3. The van der Waals surface area contributed by atoms with Gasteiger partial charge in [0.2, 0.25) is 18.0 Å². The Balaban J connectivity index is 1.27. The van der Waals surface area contributed by atoms with Gasteiger partial charge in [0.25, 0.3) is 5.91 Å². The van der Waals surface area contributed by atoms with Crippen molar-refractivity contribution in [1.82, 2.24) is 9.58 Å². The lowest BCUT2D eigenvalue weighted by Crippen LogP contribution is -2.60. The average Bonchev–Trinajstić information content (AvgIpc) is 3.26. The molecule has 14 heteroatoms. The first-order valence-corrected chi connectivity index (χ1v) is 16.4. The molecule has 3 aromatic carbocycles. The van der Waals surface area contributed by atoms with E-state index in [4.69, 9.17) is 18.9 Å². The zero-order chi connectivity index (χ0) is 34.5. The predicted molar refractivity (Wildman–Crippen MR) is 174 cm³/mol. The van der Waals surface area contributed by atoms with Gasteiger partial charge in [0.1, 0.15) is 19.3 Å². The number of amides is 1. The van der Waals surface area contributed by atoms with E-state index < -0.39 is 60.7 Å². The molecule has 2 aliphatic heterocycles. The van der Waals surface area contributed by atoms with Crippen molar-refractivity contribution in [2.45, 2.75) is 42.4 Å². The van der Waals surface area contributed by atoms with E-state index in [1.54, 1.807) is 16.8 Å². The molecule has 256 valence electrons. The van der Waals surface area contributed by atoms with Gasteiger partial charge in [0.05, 0.1) is 19.3 Å². The molecule has 4 aromatic rings. The van der Waals surface area contributed by atoms with Crippen LogP contribution < -0.4 is 15.2 Å². The number of nitrogens with zero attached hydrogens (tertiary/aromatic N) is 3. The summed E-state index contributed by atoms with van der Waals surface area (Å²) in [5.74, 6) is -1.02. The lowest BCUT2D eigenvalue weighted by atomic mass is 9.94. The van der Waals surface area contributed by atoms with Crippen molar-refractivity contribution in [3.05, 3.63) is 129 Å². The molecule has 3 heterocycles. The van der Waals surface area contributed by atoms with Gasteiger partial charge in [-0.15, -0.1) is 11.8 Å². The molecule has 2 aliphatic rings. The number of hydrogen-bond donors (Lipinski definition) is 0. The van der Waals surface area contributed by atoms with Crippen LogP contribution in [-0.2, 0) is 26.6 Å². The second-order valence-electron chi connectivity index (χ2n) is 11.2. The van der Waals surface area contributed by atoms with E-state index >= 15 is 0 Å². The van der Waals surface area contributed by atoms with E-state index in [1.165, 1.54) is 10.9 Å². The largest absolute Gasteiger partial charge is 0.511 e. The van der Waals surface area contributed by atoms with E-state index in [0.717, 1.165) is 40.1 Å². The number of carbonyl (C=O) groups excluding carboxylic acids is 2. The maximum Gasteiger partial charge on any atom is 0.511 e. The Bertz CT molecular complexity index is 1820. The number of pyridine rings is 1. The highest BCUT2D eigenvalue weighted by Gasteiger charge is 2.47. The van der Waals surface area contributed by atoms with E-state index in [9.17, 15) is 27.6 Å². The van der Waals surface area contributed by atoms with Gasteiger partial charge in [-0.2, -0.15) is 13.2 Å². The molecule has 0 saturated heterocycles. The number of halogens is 3. The number of hydrogen-bond acceptors (Lipinski definition) is 9. The van der Waals surface area contributed by atoms with Gasteiger partial charge < -0.3 is 23.8 Å². The van der Waals surface area contributed by atoms with E-state index in [0.29, 0.717) is 17.3 Å². The molecule has 1 amide bonds. The first-order valence-electron chi connectivity index (χ1n) is 15.4. The molecule has 2 atom stereocenters. The SMILES string of the molecule is C[C@@H](N1CN([C@H]2c3ccccc3CSc3ccccc32)n2ccc(=O)c(OCOC(=O)OCCOCc3ccccc3)c2C1=O)C(F)(F)F. The van der Waals surface area contributed by atoms with Crippen molar-refractivity contribution < 1.29 is 41.7 Å². The molecule has 0 radical (unpaired) electrons. The van der Waals surface area contributed by atoms with Crippen LogP contribution >= 0.6 is 11.8 Å². The molecular formula is C35H32F3N3O7S. The number of alkyl halides is 3. The Morgan fingerprint density at radius 1 is 0.918 bits per heavy atom. The maximum atomic E-state index is 14.2. The Morgan fingerprint density at radius 3 is 2.41 bits per heavy atom. The highest BCUT2D eigenvalue weighted by molar-refractivity contribution is 7.98. The van der Waals surface area contributed by atoms with Crippen molar-refractivity contribution in [1.29, 1.82) is 0 Å². The second kappa shape index (κ2) is 14.7. The minimum Gasteiger partial charge on any atom is -0.451 e. The standard InChI is InChI=1S/C35H32F3N3O7S/c1-23(35(36,37)38)39-21-41(30-26-12-6-5-11-25(26)20-49-29-14-8-7-13-27(29)30)40-16-15-28(42)32(31(40)33(39)43)47-22-48-34(44)46-18-17-45-19-24-9-3-2-4-10-24/h2-16,23,30H,17-22H2,1H3/t23-,30+/m1/s1. The molecule has 0 saturated carbocycles.